The molecule has 0 saturated heterocycles. The molecule has 2 aromatic carbocycles. The highest BCUT2D eigenvalue weighted by molar-refractivity contribution is 6.06. The van der Waals surface area contributed by atoms with Gasteiger partial charge in [0.2, 0.25) is 0 Å². The molecule has 0 heterocycles. The zero-order chi connectivity index (χ0) is 17.5. The fraction of sp³-hybridized carbons (Fsp3) is 0.200. The van der Waals surface area contributed by atoms with Gasteiger partial charge in [-0.15, -0.1) is 0 Å². The van der Waals surface area contributed by atoms with Gasteiger partial charge in [0.1, 0.15) is 5.75 Å². The van der Waals surface area contributed by atoms with Gasteiger partial charge in [-0.05, 0) is 54.8 Å². The van der Waals surface area contributed by atoms with Gasteiger partial charge in [-0.3, -0.25) is 4.79 Å². The largest absolute Gasteiger partial charge is 0.479 e. The molecule has 0 aliphatic rings. The number of hydrogen-bond donors (Lipinski definition) is 1. The summed E-state index contributed by atoms with van der Waals surface area (Å²) >= 11 is 0. The number of ketones is 1. The highest BCUT2D eigenvalue weighted by Crippen LogP contribution is 2.15. The van der Waals surface area contributed by atoms with Gasteiger partial charge < -0.3 is 9.84 Å². The third kappa shape index (κ3) is 4.81. The lowest BCUT2D eigenvalue weighted by molar-refractivity contribution is -0.144. The number of rotatable bonds is 7. The minimum atomic E-state index is -1.04. The zero-order valence-electron chi connectivity index (χ0n) is 13.7. The molecule has 124 valence electrons. The van der Waals surface area contributed by atoms with Crippen LogP contribution in [-0.4, -0.2) is 23.0 Å². The first kappa shape index (κ1) is 17.5. The van der Waals surface area contributed by atoms with Crippen LogP contribution in [0.5, 0.6) is 5.75 Å². The van der Waals surface area contributed by atoms with E-state index in [0.717, 1.165) is 12.0 Å². The number of aliphatic carboxylic acids is 1. The molecule has 0 saturated carbocycles. The van der Waals surface area contributed by atoms with Crippen molar-refractivity contribution in [1.82, 2.24) is 0 Å². The molecule has 0 aliphatic carbocycles. The molecule has 0 spiro atoms. The first-order chi connectivity index (χ1) is 11.5. The molecule has 24 heavy (non-hydrogen) atoms. The summed E-state index contributed by atoms with van der Waals surface area (Å²) in [6.07, 6.45) is 3.35. The van der Waals surface area contributed by atoms with Gasteiger partial charge in [0.15, 0.2) is 11.9 Å². The first-order valence-electron chi connectivity index (χ1n) is 7.80. The van der Waals surface area contributed by atoms with E-state index >= 15 is 0 Å². The third-order valence-corrected chi connectivity index (χ3v) is 3.61. The second kappa shape index (κ2) is 8.11. The van der Waals surface area contributed by atoms with E-state index in [1.54, 1.807) is 30.3 Å². The van der Waals surface area contributed by atoms with Gasteiger partial charge in [0, 0.05) is 5.56 Å². The number of carbonyl (C=O) groups excluding carboxylic acids is 1. The monoisotopic (exact) mass is 324 g/mol. The van der Waals surface area contributed by atoms with Crippen molar-refractivity contribution in [2.45, 2.75) is 26.4 Å². The highest BCUT2D eigenvalue weighted by atomic mass is 16.5. The molecule has 0 fully saturated rings. The molecule has 1 N–H and O–H groups in total. The van der Waals surface area contributed by atoms with Crippen molar-refractivity contribution in [2.24, 2.45) is 0 Å². The first-order valence-corrected chi connectivity index (χ1v) is 7.80. The highest BCUT2D eigenvalue weighted by Gasteiger charge is 2.12. The molecule has 2 aromatic rings. The summed E-state index contributed by atoms with van der Waals surface area (Å²) in [7, 11) is 0. The number of hydrogen-bond acceptors (Lipinski definition) is 3. The summed E-state index contributed by atoms with van der Waals surface area (Å²) in [5, 5.41) is 8.81. The number of ether oxygens (including phenoxy) is 1. The average molecular weight is 324 g/mol. The molecule has 4 heteroatoms. The number of benzene rings is 2. The topological polar surface area (TPSA) is 63.6 Å². The summed E-state index contributed by atoms with van der Waals surface area (Å²) in [5.41, 5.74) is 2.74. The summed E-state index contributed by atoms with van der Waals surface area (Å²) < 4.78 is 5.23. The maximum Gasteiger partial charge on any atom is 0.344 e. The Morgan fingerprint density at radius 3 is 2.25 bits per heavy atom. The van der Waals surface area contributed by atoms with Crippen LogP contribution in [0.1, 0.15) is 35.3 Å². The molecule has 0 aromatic heterocycles. The van der Waals surface area contributed by atoms with Crippen molar-refractivity contribution in [1.29, 1.82) is 0 Å². The Labute approximate surface area is 141 Å². The van der Waals surface area contributed by atoms with Crippen molar-refractivity contribution >= 4 is 17.8 Å². The quantitative estimate of drug-likeness (QED) is 0.618. The van der Waals surface area contributed by atoms with Crippen molar-refractivity contribution in [3.8, 4) is 5.75 Å². The average Bonchev–Trinajstić information content (AvgIpc) is 2.60. The van der Waals surface area contributed by atoms with Gasteiger partial charge in [0.05, 0.1) is 0 Å². The molecular formula is C20H20O4. The standard InChI is InChI=1S/C20H20O4/c1-3-15-4-6-16(7-5-15)8-13-19(21)17-9-11-18(12-10-17)24-14(2)20(22)23/h4-14H,3H2,1-2H3,(H,22,23)/b13-8+/t14-/m0/s1. The van der Waals surface area contributed by atoms with E-state index in [4.69, 9.17) is 9.84 Å². The summed E-state index contributed by atoms with van der Waals surface area (Å²) in [6, 6.07) is 14.5. The van der Waals surface area contributed by atoms with E-state index in [1.165, 1.54) is 18.6 Å². The summed E-state index contributed by atoms with van der Waals surface area (Å²) in [6.45, 7) is 3.55. The van der Waals surface area contributed by atoms with Crippen LogP contribution in [0.25, 0.3) is 6.08 Å². The Morgan fingerprint density at radius 1 is 1.08 bits per heavy atom. The minimum Gasteiger partial charge on any atom is -0.479 e. The van der Waals surface area contributed by atoms with Crippen LogP contribution >= 0.6 is 0 Å². The van der Waals surface area contributed by atoms with Crippen LogP contribution in [0.3, 0.4) is 0 Å². The molecule has 0 unspecified atom stereocenters. The Hall–Kier alpha value is -2.88. The lowest BCUT2D eigenvalue weighted by Crippen LogP contribution is -2.22. The van der Waals surface area contributed by atoms with Crippen LogP contribution in [-0.2, 0) is 11.2 Å². The number of aryl methyl sites for hydroxylation is 1. The Bertz CT molecular complexity index is 727. The fourth-order valence-corrected chi connectivity index (χ4v) is 2.08. The van der Waals surface area contributed by atoms with Crippen LogP contribution in [0.15, 0.2) is 54.6 Å². The predicted octanol–water partition coefficient (Wildman–Crippen LogP) is 4.00. The van der Waals surface area contributed by atoms with E-state index in [-0.39, 0.29) is 5.78 Å². The summed E-state index contributed by atoms with van der Waals surface area (Å²) in [4.78, 5) is 22.9. The number of carboxylic acid groups (broad SMARTS) is 1. The maximum atomic E-state index is 12.2. The maximum absolute atomic E-state index is 12.2. The van der Waals surface area contributed by atoms with Gasteiger partial charge in [0.25, 0.3) is 0 Å². The van der Waals surface area contributed by atoms with Crippen molar-refractivity contribution in [3.63, 3.8) is 0 Å². The van der Waals surface area contributed by atoms with Gasteiger partial charge in [-0.1, -0.05) is 37.3 Å². The smallest absolute Gasteiger partial charge is 0.344 e. The second-order valence-electron chi connectivity index (χ2n) is 5.42. The normalized spacial score (nSPS) is 12.1. The van der Waals surface area contributed by atoms with Crippen molar-refractivity contribution in [3.05, 3.63) is 71.3 Å². The third-order valence-electron chi connectivity index (χ3n) is 3.61. The molecule has 4 nitrogen and oxygen atoms in total. The number of carboxylic acids is 1. The van der Waals surface area contributed by atoms with Crippen molar-refractivity contribution in [2.75, 3.05) is 0 Å². The van der Waals surface area contributed by atoms with Gasteiger partial charge in [-0.2, -0.15) is 0 Å². The van der Waals surface area contributed by atoms with E-state index in [0.29, 0.717) is 11.3 Å². The van der Waals surface area contributed by atoms with Crippen LogP contribution in [0.2, 0.25) is 0 Å². The molecular weight excluding hydrogens is 304 g/mol. The van der Waals surface area contributed by atoms with Crippen molar-refractivity contribution < 1.29 is 19.4 Å². The van der Waals surface area contributed by atoms with Gasteiger partial charge in [-0.25, -0.2) is 4.79 Å². The SMILES string of the molecule is CCc1ccc(/C=C/C(=O)c2ccc(O[C@@H](C)C(=O)O)cc2)cc1. The minimum absolute atomic E-state index is 0.118. The molecule has 0 aliphatic heterocycles. The number of carbonyl (C=O) groups is 2. The Balaban J connectivity index is 2.01. The lowest BCUT2D eigenvalue weighted by Gasteiger charge is -2.10. The fourth-order valence-electron chi connectivity index (χ4n) is 2.08. The molecule has 0 amide bonds. The second-order valence-corrected chi connectivity index (χ2v) is 5.42. The van der Waals surface area contributed by atoms with Crippen LogP contribution < -0.4 is 4.74 Å². The van der Waals surface area contributed by atoms with Crippen LogP contribution in [0.4, 0.5) is 0 Å². The van der Waals surface area contributed by atoms with E-state index in [2.05, 4.69) is 6.92 Å². The van der Waals surface area contributed by atoms with E-state index in [9.17, 15) is 9.59 Å². The molecule has 0 bridgehead atoms. The lowest BCUT2D eigenvalue weighted by atomic mass is 10.1. The van der Waals surface area contributed by atoms with Crippen LogP contribution in [0, 0.1) is 0 Å². The van der Waals surface area contributed by atoms with E-state index < -0.39 is 12.1 Å². The Kier molecular flexibility index (Phi) is 5.90. The predicted molar refractivity (Wildman–Crippen MR) is 93.4 cm³/mol. The molecule has 2 rings (SSSR count). The summed E-state index contributed by atoms with van der Waals surface area (Å²) in [5.74, 6) is -0.736. The molecule has 0 radical (unpaired) electrons. The molecule has 1 atom stereocenters. The van der Waals surface area contributed by atoms with Gasteiger partial charge >= 0.3 is 5.97 Å². The Morgan fingerprint density at radius 2 is 1.71 bits per heavy atom. The number of allylic oxidation sites excluding steroid dienone is 1. The van der Waals surface area contributed by atoms with E-state index in [1.807, 2.05) is 24.3 Å². The zero-order valence-corrected chi connectivity index (χ0v) is 13.7.